The Morgan fingerprint density at radius 1 is 0.195 bits per heavy atom. The molecule has 0 atom stereocenters. The summed E-state index contributed by atoms with van der Waals surface area (Å²) in [5.74, 6) is 15.9. The number of ether oxygens (including phenoxy) is 1. The molecule has 3 aromatic rings. The average molecular weight is 2120 g/mol. The molecule has 10 saturated carbocycles. The largest absolute Gasteiger partial charge is 0.380 e. The molecule has 918 valence electrons. The predicted molar refractivity (Wildman–Crippen MR) is 717 cm³/mol. The molecule has 4 saturated heterocycles. The lowest BCUT2D eigenvalue weighted by atomic mass is 9.65. The lowest BCUT2D eigenvalue weighted by Crippen LogP contribution is -2.28. The molecular formula is C142H314N6O. The highest BCUT2D eigenvalue weighted by atomic mass is 16.5. The normalized spacial score (nSPS) is 17.0. The average Bonchev–Trinajstić information content (AvgIpc) is 1.87. The van der Waals surface area contributed by atoms with Crippen LogP contribution in [-0.2, 0) is 17.6 Å². The van der Waals surface area contributed by atoms with E-state index in [-0.39, 0.29) is 0 Å². The minimum Gasteiger partial charge on any atom is -0.380 e. The van der Waals surface area contributed by atoms with Crippen molar-refractivity contribution in [2.45, 2.75) is 665 Å². The van der Waals surface area contributed by atoms with Crippen molar-refractivity contribution in [1.29, 1.82) is 0 Å². The number of benzene rings is 2. The summed E-state index contributed by atoms with van der Waals surface area (Å²) < 4.78 is 5.13. The van der Waals surface area contributed by atoms with Crippen molar-refractivity contribution >= 4 is 10.9 Å². The number of nitrogens with one attached hydrogen (secondary N) is 6. The molecule has 4 bridgehead atoms. The summed E-state index contributed by atoms with van der Waals surface area (Å²) in [6.45, 7) is 138. The van der Waals surface area contributed by atoms with Crippen molar-refractivity contribution in [1.82, 2.24) is 31.6 Å². The van der Waals surface area contributed by atoms with Gasteiger partial charge in [-0.15, -0.1) is 0 Å². The Morgan fingerprint density at radius 2 is 0.409 bits per heavy atom. The number of aromatic amines is 1. The first-order valence-electron chi connectivity index (χ1n) is 66.9. The molecule has 7 nitrogen and oxygen atoms in total. The van der Waals surface area contributed by atoms with E-state index in [4.69, 9.17) is 4.74 Å². The zero-order valence-electron chi connectivity index (χ0n) is 117. The molecule has 0 unspecified atom stereocenters. The predicted octanol–water partition coefficient (Wildman–Crippen LogP) is 49.1. The van der Waals surface area contributed by atoms with Crippen LogP contribution < -0.4 is 26.6 Å². The Labute approximate surface area is 957 Å². The molecule has 1 aromatic heterocycles. The number of hydrogen-bond acceptors (Lipinski definition) is 6. The van der Waals surface area contributed by atoms with Gasteiger partial charge in [-0.05, 0) is 259 Å². The van der Waals surface area contributed by atoms with E-state index in [1.165, 1.54) is 255 Å². The molecule has 0 radical (unpaired) electrons. The Kier molecular flexibility index (Phi) is 233. The van der Waals surface area contributed by atoms with Gasteiger partial charge in [0.1, 0.15) is 0 Å². The van der Waals surface area contributed by atoms with Crippen LogP contribution in [0.2, 0.25) is 0 Å². The molecule has 0 spiro atoms. The summed E-state index contributed by atoms with van der Waals surface area (Å²) in [5.41, 5.74) is 4.34. The Balaban J connectivity index is -0.0000000695. The summed E-state index contributed by atoms with van der Waals surface area (Å²) in [6, 6.07) is 19.0. The molecule has 4 aliphatic heterocycles. The SMILES string of the molecule is C1CC2CC(C1)C2.C1CC2CCC1CC2.C1CCC1.C1CCCC1.C1CCCCCC1.C1CCCNCC1.C1CCNC1.C1CNCCNC1.C1CNCCOC1.CC.CC.CC.CC.CC.CC.CC.CC.CC.CC.CC.CC.CC(C)C.CC(C)C.CC(C)C.CC(C)C.CC(C)C.CC(C)C.CC(C)C.CC(C)C.CC(C)C.CC(C)C.CC(C)C.CC(C)C1CC1.c1ccc2[nH]ccc2c1.c1ccc2c(c1)CCC2. The van der Waals surface area contributed by atoms with E-state index in [0.29, 0.717) is 0 Å². The van der Waals surface area contributed by atoms with Gasteiger partial charge < -0.3 is 36.3 Å². The fourth-order valence-electron chi connectivity index (χ4n) is 13.0. The highest BCUT2D eigenvalue weighted by molar-refractivity contribution is 5.78. The molecule has 2 aromatic carbocycles. The second kappa shape index (κ2) is 181. The van der Waals surface area contributed by atoms with Gasteiger partial charge in [0.25, 0.3) is 0 Å². The minimum absolute atomic E-state index is 0.833. The molecule has 5 heterocycles. The van der Waals surface area contributed by atoms with E-state index >= 15 is 0 Å². The van der Waals surface area contributed by atoms with Gasteiger partial charge in [0.15, 0.2) is 0 Å². The van der Waals surface area contributed by atoms with Crippen LogP contribution in [0.1, 0.15) is 664 Å². The minimum atomic E-state index is 0.833. The van der Waals surface area contributed by atoms with Crippen molar-refractivity contribution in [2.24, 2.45) is 101 Å². The van der Waals surface area contributed by atoms with E-state index in [0.717, 1.165) is 128 Å². The van der Waals surface area contributed by atoms with Crippen LogP contribution in [0.15, 0.2) is 60.8 Å². The molecule has 7 heteroatoms. The molecule has 149 heavy (non-hydrogen) atoms. The van der Waals surface area contributed by atoms with E-state index < -0.39 is 0 Å². The van der Waals surface area contributed by atoms with Crippen LogP contribution in [0.3, 0.4) is 0 Å². The summed E-state index contributed by atoms with van der Waals surface area (Å²) in [4.78, 5) is 3.12. The van der Waals surface area contributed by atoms with Crippen LogP contribution in [-0.4, -0.2) is 83.6 Å². The standard InChI is InChI=1S/C9H10.C8H7N.C8H14.C7H12.C7H14.C6H13N.C6H12.C5H12N2.C5H11NO.C5H10.C4H9N.C4H8.11C4H10.12C2H6/c1-2-5-9-7-3-6-8(9)4-1;1-2-4-8-7(3-1)5-6-9-8;1-2-8-5-3-7(1)4-6-8;1-2-6-4-7(3-1)5-6;2*1-2-4-6-7-5-3-1;1-5(2)6-3-4-6;1-2-6-4-5-7-3-1;1-2-6-3-5-7-4-1;2*1-2-4-5-3-1;1-2-4-3-1;11*1-4(2)3;12*1-2/h1-2,4-5H,3,6-7H2;1-6,9H;7-8H,1-6H2;6-7H,1-5H2;1-7H2;7H,1-6H2;5-6H,3-4H2,1-2H3;6-7H,1-5H2;6H,1-5H2;1-5H2;5H,1-4H2;1-4H2;11*4H,1-3H3;12*1-2H3. The quantitative estimate of drug-likeness (QED) is 0.136. The monoisotopic (exact) mass is 2120 g/mol. The van der Waals surface area contributed by atoms with Gasteiger partial charge >= 0.3 is 0 Å². The van der Waals surface area contributed by atoms with E-state index in [2.05, 4.69) is 316 Å². The number of H-pyrrole nitrogens is 1. The lowest BCUT2D eigenvalue weighted by molar-refractivity contribution is 0.116. The van der Waals surface area contributed by atoms with Gasteiger partial charge in [0, 0.05) is 38.0 Å². The zero-order chi connectivity index (χ0) is 120. The smallest absolute Gasteiger partial charge is 0.0590 e. The highest BCUT2D eigenvalue weighted by Crippen LogP contribution is 2.45. The van der Waals surface area contributed by atoms with Crippen LogP contribution >= 0.6 is 0 Å². The first-order valence-corrected chi connectivity index (χ1v) is 66.9. The summed E-state index contributed by atoms with van der Waals surface area (Å²) in [6.07, 6.45) is 61.0. The van der Waals surface area contributed by atoms with Crippen LogP contribution in [0.5, 0.6) is 0 Å². The van der Waals surface area contributed by atoms with Crippen LogP contribution in [0, 0.1) is 101 Å². The zero-order valence-corrected chi connectivity index (χ0v) is 117. The summed E-state index contributed by atoms with van der Waals surface area (Å²) in [5, 5.41) is 17.6. The first-order chi connectivity index (χ1) is 71.2. The van der Waals surface area contributed by atoms with Gasteiger partial charge in [-0.1, -0.05) is 624 Å². The maximum atomic E-state index is 5.13. The van der Waals surface area contributed by atoms with Gasteiger partial charge in [0.2, 0.25) is 0 Å². The fraction of sp³-hybridized carbons (Fsp3) is 0.901. The number of hydrogen-bond donors (Lipinski definition) is 6. The Morgan fingerprint density at radius 3 is 0.624 bits per heavy atom. The number of para-hydroxylation sites is 1. The molecule has 6 N–H and O–H groups in total. The molecule has 18 rings (SSSR count). The van der Waals surface area contributed by atoms with Gasteiger partial charge in [-0.3, -0.25) is 0 Å². The van der Waals surface area contributed by atoms with Crippen LogP contribution in [0.25, 0.3) is 10.9 Å². The number of rotatable bonds is 1. The van der Waals surface area contributed by atoms with E-state index in [9.17, 15) is 0 Å². The third-order valence-corrected chi connectivity index (χ3v) is 19.2. The number of fused-ring (bicyclic) bond motifs is 7. The number of aryl methyl sites for hydroxylation is 2. The number of aromatic nitrogens is 1. The van der Waals surface area contributed by atoms with Gasteiger partial charge in [-0.25, -0.2) is 0 Å². The van der Waals surface area contributed by atoms with Crippen molar-refractivity contribution < 1.29 is 4.74 Å². The molecule has 15 aliphatic rings. The summed E-state index contributed by atoms with van der Waals surface area (Å²) >= 11 is 0. The van der Waals surface area contributed by atoms with E-state index in [1.54, 1.807) is 75.3 Å². The topological polar surface area (TPSA) is 85.2 Å². The second-order valence-corrected chi connectivity index (χ2v) is 45.8. The third-order valence-electron chi connectivity index (χ3n) is 19.2. The molecular weight excluding hydrogens is 1810 g/mol. The van der Waals surface area contributed by atoms with Crippen molar-refractivity contribution in [2.75, 3.05) is 78.7 Å². The Hall–Kier alpha value is -2.26. The van der Waals surface area contributed by atoms with Crippen molar-refractivity contribution in [3.05, 3.63) is 71.9 Å². The summed E-state index contributed by atoms with van der Waals surface area (Å²) in [7, 11) is 0. The highest BCUT2D eigenvalue weighted by Gasteiger charge is 2.32. The molecule has 11 aliphatic carbocycles. The van der Waals surface area contributed by atoms with E-state index in [1.807, 2.05) is 184 Å². The van der Waals surface area contributed by atoms with Crippen LogP contribution in [0.4, 0.5) is 0 Å². The van der Waals surface area contributed by atoms with Gasteiger partial charge in [-0.2, -0.15) is 0 Å². The van der Waals surface area contributed by atoms with Gasteiger partial charge in [0.05, 0.1) is 6.61 Å². The lowest BCUT2D eigenvalue weighted by Gasteiger charge is -2.40. The first kappa shape index (κ1) is 191. The maximum absolute atomic E-state index is 5.13. The Bertz CT molecular complexity index is 1960. The third kappa shape index (κ3) is 250. The molecule has 0 amide bonds. The maximum Gasteiger partial charge on any atom is 0.0590 e. The van der Waals surface area contributed by atoms with Crippen molar-refractivity contribution in [3.63, 3.8) is 0 Å². The second-order valence-electron chi connectivity index (χ2n) is 45.8. The fourth-order valence-corrected chi connectivity index (χ4v) is 13.0. The van der Waals surface area contributed by atoms with Crippen molar-refractivity contribution in [3.8, 4) is 0 Å². The molecule has 14 fully saturated rings.